The van der Waals surface area contributed by atoms with Gasteiger partial charge in [0.15, 0.2) is 0 Å². The van der Waals surface area contributed by atoms with E-state index in [4.69, 9.17) is 0 Å². The summed E-state index contributed by atoms with van der Waals surface area (Å²) in [5, 5.41) is 9.26. The van der Waals surface area contributed by atoms with Gasteiger partial charge in [0.2, 0.25) is 5.91 Å². The van der Waals surface area contributed by atoms with E-state index in [-0.39, 0.29) is 29.8 Å². The molecule has 0 aromatic heterocycles. The number of benzene rings is 1. The third-order valence-corrected chi connectivity index (χ3v) is 4.57. The van der Waals surface area contributed by atoms with Crippen molar-refractivity contribution in [1.82, 2.24) is 10.6 Å². The van der Waals surface area contributed by atoms with Crippen molar-refractivity contribution in [1.29, 1.82) is 0 Å². The number of hydrogen-bond donors (Lipinski definition) is 3. The molecule has 1 aliphatic heterocycles. The van der Waals surface area contributed by atoms with E-state index in [0.717, 1.165) is 18.8 Å². The molecular weight excluding hydrogens is 350 g/mol. The van der Waals surface area contributed by atoms with Crippen molar-refractivity contribution in [2.75, 3.05) is 18.4 Å². The number of anilines is 1. The molecule has 6 heteroatoms. The van der Waals surface area contributed by atoms with E-state index in [1.807, 2.05) is 20.8 Å². The maximum Gasteiger partial charge on any atom is 0.251 e. The van der Waals surface area contributed by atoms with Crippen molar-refractivity contribution in [3.05, 3.63) is 29.8 Å². The average molecular weight is 382 g/mol. The van der Waals surface area contributed by atoms with E-state index in [1.165, 1.54) is 12.8 Å². The number of carbonyl (C=O) groups excluding carboxylic acids is 2. The predicted octanol–water partition coefficient (Wildman–Crippen LogP) is 3.60. The summed E-state index contributed by atoms with van der Waals surface area (Å²) in [6.07, 6.45) is 2.91. The lowest BCUT2D eigenvalue weighted by Gasteiger charge is -2.28. The molecule has 0 aliphatic carbocycles. The minimum absolute atomic E-state index is 0. The molecule has 2 unspecified atom stereocenters. The van der Waals surface area contributed by atoms with Crippen LogP contribution < -0.4 is 16.0 Å². The van der Waals surface area contributed by atoms with Gasteiger partial charge >= 0.3 is 0 Å². The lowest BCUT2D eigenvalue weighted by Crippen LogP contribution is -2.40. The van der Waals surface area contributed by atoms with E-state index < -0.39 is 0 Å². The predicted molar refractivity (Wildman–Crippen MR) is 109 cm³/mol. The van der Waals surface area contributed by atoms with Crippen LogP contribution in [-0.2, 0) is 4.79 Å². The van der Waals surface area contributed by atoms with Crippen molar-refractivity contribution in [2.24, 2.45) is 11.8 Å². The molecule has 1 saturated heterocycles. The second kappa shape index (κ2) is 9.93. The Morgan fingerprint density at radius 3 is 2.42 bits per heavy atom. The lowest BCUT2D eigenvalue weighted by atomic mass is 9.85. The Morgan fingerprint density at radius 1 is 1.23 bits per heavy atom. The second-order valence-electron chi connectivity index (χ2n) is 8.12. The number of halogens is 1. The molecule has 2 amide bonds. The maximum atomic E-state index is 12.3. The third-order valence-electron chi connectivity index (χ3n) is 4.57. The van der Waals surface area contributed by atoms with Gasteiger partial charge in [-0.05, 0) is 82.8 Å². The quantitative estimate of drug-likeness (QED) is 0.729. The van der Waals surface area contributed by atoms with Gasteiger partial charge in [-0.2, -0.15) is 0 Å². The minimum Gasteiger partial charge on any atom is -0.347 e. The van der Waals surface area contributed by atoms with E-state index in [0.29, 0.717) is 23.8 Å². The van der Waals surface area contributed by atoms with Gasteiger partial charge in [0.05, 0.1) is 0 Å². The zero-order chi connectivity index (χ0) is 18.4. The van der Waals surface area contributed by atoms with Crippen LogP contribution >= 0.6 is 12.4 Å². The Kier molecular flexibility index (Phi) is 8.57. The summed E-state index contributed by atoms with van der Waals surface area (Å²) in [7, 11) is 0. The lowest BCUT2D eigenvalue weighted by molar-refractivity contribution is -0.117. The molecular formula is C20H32ClN3O2. The monoisotopic (exact) mass is 381 g/mol. The van der Waals surface area contributed by atoms with Crippen LogP contribution in [0.25, 0.3) is 0 Å². The van der Waals surface area contributed by atoms with Gasteiger partial charge in [-0.1, -0.05) is 6.92 Å². The molecule has 1 aromatic rings. The summed E-state index contributed by atoms with van der Waals surface area (Å²) < 4.78 is 0. The summed E-state index contributed by atoms with van der Waals surface area (Å²) in [5.74, 6) is 0.862. The maximum absolute atomic E-state index is 12.3. The second-order valence-corrected chi connectivity index (χ2v) is 8.12. The molecule has 0 saturated carbocycles. The molecule has 0 radical (unpaired) electrons. The first-order valence-corrected chi connectivity index (χ1v) is 9.18. The van der Waals surface area contributed by atoms with E-state index in [1.54, 1.807) is 24.3 Å². The Labute approximate surface area is 163 Å². The molecule has 26 heavy (non-hydrogen) atoms. The third kappa shape index (κ3) is 7.34. The van der Waals surface area contributed by atoms with Crippen molar-refractivity contribution >= 4 is 29.9 Å². The molecule has 146 valence electrons. The molecule has 2 atom stereocenters. The molecule has 1 heterocycles. The van der Waals surface area contributed by atoms with Crippen LogP contribution in [0.3, 0.4) is 0 Å². The highest BCUT2D eigenvalue weighted by atomic mass is 35.5. The Bertz CT molecular complexity index is 590. The first-order chi connectivity index (χ1) is 11.7. The van der Waals surface area contributed by atoms with Gasteiger partial charge in [-0.15, -0.1) is 12.4 Å². The fourth-order valence-electron chi connectivity index (χ4n) is 3.15. The first kappa shape index (κ1) is 22.5. The molecule has 5 nitrogen and oxygen atoms in total. The highest BCUT2D eigenvalue weighted by Gasteiger charge is 2.22. The van der Waals surface area contributed by atoms with Crippen LogP contribution in [0.15, 0.2) is 24.3 Å². The number of rotatable bonds is 5. The SMILES string of the molecule is CC(CC(=O)Nc1ccc(C(=O)NC(C)(C)C)cc1)C1CCCNC1.Cl. The van der Waals surface area contributed by atoms with Gasteiger partial charge in [0.1, 0.15) is 0 Å². The minimum atomic E-state index is -0.270. The molecule has 3 N–H and O–H groups in total. The smallest absolute Gasteiger partial charge is 0.251 e. The molecule has 1 aliphatic rings. The highest BCUT2D eigenvalue weighted by molar-refractivity contribution is 5.96. The zero-order valence-electron chi connectivity index (χ0n) is 16.2. The number of piperidine rings is 1. The van der Waals surface area contributed by atoms with E-state index >= 15 is 0 Å². The van der Waals surface area contributed by atoms with Crippen LogP contribution in [0.2, 0.25) is 0 Å². The Hall–Kier alpha value is -1.59. The van der Waals surface area contributed by atoms with Crippen molar-refractivity contribution in [3.63, 3.8) is 0 Å². The summed E-state index contributed by atoms with van der Waals surface area (Å²) >= 11 is 0. The molecule has 0 bridgehead atoms. The van der Waals surface area contributed by atoms with Gasteiger partial charge in [0, 0.05) is 23.2 Å². The fraction of sp³-hybridized carbons (Fsp3) is 0.600. The normalized spacial score (nSPS) is 18.4. The van der Waals surface area contributed by atoms with Gasteiger partial charge in [-0.25, -0.2) is 0 Å². The van der Waals surface area contributed by atoms with Crippen LogP contribution in [0.4, 0.5) is 5.69 Å². The number of nitrogens with one attached hydrogen (secondary N) is 3. The zero-order valence-corrected chi connectivity index (χ0v) is 17.0. The van der Waals surface area contributed by atoms with Crippen LogP contribution in [0.1, 0.15) is 57.3 Å². The fourth-order valence-corrected chi connectivity index (χ4v) is 3.15. The van der Waals surface area contributed by atoms with Crippen molar-refractivity contribution in [2.45, 2.75) is 52.5 Å². The van der Waals surface area contributed by atoms with Crippen LogP contribution in [-0.4, -0.2) is 30.4 Å². The van der Waals surface area contributed by atoms with E-state index in [9.17, 15) is 9.59 Å². The molecule has 1 fully saturated rings. The first-order valence-electron chi connectivity index (χ1n) is 9.18. The summed E-state index contributed by atoms with van der Waals surface area (Å²) in [6.45, 7) is 10.1. The van der Waals surface area contributed by atoms with Gasteiger partial charge < -0.3 is 16.0 Å². The van der Waals surface area contributed by atoms with Crippen LogP contribution in [0, 0.1) is 11.8 Å². The highest BCUT2D eigenvalue weighted by Crippen LogP contribution is 2.23. The summed E-state index contributed by atoms with van der Waals surface area (Å²) in [6, 6.07) is 7.04. The largest absolute Gasteiger partial charge is 0.347 e. The van der Waals surface area contributed by atoms with Gasteiger partial charge in [0.25, 0.3) is 5.91 Å². The molecule has 1 aromatic carbocycles. The van der Waals surface area contributed by atoms with Crippen LogP contribution in [0.5, 0.6) is 0 Å². The van der Waals surface area contributed by atoms with E-state index in [2.05, 4.69) is 22.9 Å². The average Bonchev–Trinajstić information content (AvgIpc) is 2.54. The standard InChI is InChI=1S/C20H31N3O2.ClH/c1-14(16-6-5-11-21-13-16)12-18(24)22-17-9-7-15(8-10-17)19(25)23-20(2,3)4;/h7-10,14,16,21H,5-6,11-13H2,1-4H3,(H,22,24)(H,23,25);1H. The van der Waals surface area contributed by atoms with Gasteiger partial charge in [-0.3, -0.25) is 9.59 Å². The topological polar surface area (TPSA) is 70.2 Å². The molecule has 2 rings (SSSR count). The van der Waals surface area contributed by atoms with Crippen molar-refractivity contribution < 1.29 is 9.59 Å². The Morgan fingerprint density at radius 2 is 1.88 bits per heavy atom. The Balaban J connectivity index is 0.00000338. The molecule has 0 spiro atoms. The summed E-state index contributed by atoms with van der Waals surface area (Å²) in [4.78, 5) is 24.4. The number of amides is 2. The number of carbonyl (C=O) groups is 2. The van der Waals surface area contributed by atoms with Crippen molar-refractivity contribution in [3.8, 4) is 0 Å². The summed E-state index contributed by atoms with van der Waals surface area (Å²) in [5.41, 5.74) is 1.05. The number of hydrogen-bond acceptors (Lipinski definition) is 3.